The number of aliphatic hydroxyl groups is 1. The van der Waals surface area contributed by atoms with E-state index in [1.54, 1.807) is 14.0 Å². The second kappa shape index (κ2) is 7.14. The molecule has 0 aromatic rings. The molecule has 1 rings (SSSR count). The maximum atomic E-state index is 10.0. The molecule has 0 aromatic carbocycles. The summed E-state index contributed by atoms with van der Waals surface area (Å²) in [4.78, 5) is 0. The van der Waals surface area contributed by atoms with Crippen molar-refractivity contribution in [3.8, 4) is 0 Å². The van der Waals surface area contributed by atoms with E-state index in [0.717, 1.165) is 0 Å². The lowest BCUT2D eigenvalue weighted by molar-refractivity contribution is -0.0618. The van der Waals surface area contributed by atoms with Gasteiger partial charge in [0.15, 0.2) is 0 Å². The normalized spacial score (nSPS) is 33.3. The van der Waals surface area contributed by atoms with Crippen molar-refractivity contribution in [2.45, 2.75) is 44.3 Å². The molecule has 6 heteroatoms. The molecule has 1 heterocycles. The highest BCUT2D eigenvalue weighted by molar-refractivity contribution is 6.11. The monoisotopic (exact) mass is 256 g/mol. The highest BCUT2D eigenvalue weighted by atomic mass is 16.6. The Morgan fingerprint density at radius 3 is 2.78 bits per heavy atom. The predicted octanol–water partition coefficient (Wildman–Crippen LogP) is 0.211. The fourth-order valence-corrected chi connectivity index (χ4v) is 1.64. The van der Waals surface area contributed by atoms with E-state index in [9.17, 15) is 5.11 Å². The van der Waals surface area contributed by atoms with Gasteiger partial charge in [0.2, 0.25) is 0 Å². The summed E-state index contributed by atoms with van der Waals surface area (Å²) < 4.78 is 21.2. The summed E-state index contributed by atoms with van der Waals surface area (Å²) in [6.07, 6.45) is -1.95. The molecule has 2 radical (unpaired) electrons. The SMILES string of the molecule is [B]C1OC(COC(=C)C)C(O)C1OCC(C)OC. The van der Waals surface area contributed by atoms with Crippen molar-refractivity contribution >= 4 is 7.85 Å². The lowest BCUT2D eigenvalue weighted by Gasteiger charge is -2.21. The summed E-state index contributed by atoms with van der Waals surface area (Å²) in [5, 5.41) is 10.0. The standard InChI is InChI=1S/C12H21BO5/c1-7(2)16-6-9-10(14)11(12(13)18-9)17-5-8(3)15-4/h8-12,14H,1,5-6H2,2-4H3. The Balaban J connectivity index is 2.42. The van der Waals surface area contributed by atoms with E-state index in [2.05, 4.69) is 6.58 Å². The molecular weight excluding hydrogens is 235 g/mol. The van der Waals surface area contributed by atoms with Crippen molar-refractivity contribution < 1.29 is 24.1 Å². The number of hydrogen-bond donors (Lipinski definition) is 1. The van der Waals surface area contributed by atoms with Crippen LogP contribution in [0.1, 0.15) is 13.8 Å². The van der Waals surface area contributed by atoms with E-state index in [0.29, 0.717) is 12.4 Å². The fourth-order valence-electron chi connectivity index (χ4n) is 1.64. The smallest absolute Gasteiger partial charge is 0.119 e. The third-order valence-corrected chi connectivity index (χ3v) is 2.79. The molecule has 0 aromatic heterocycles. The van der Waals surface area contributed by atoms with Gasteiger partial charge in [0.05, 0.1) is 18.5 Å². The van der Waals surface area contributed by atoms with Gasteiger partial charge < -0.3 is 24.1 Å². The van der Waals surface area contributed by atoms with E-state index < -0.39 is 24.3 Å². The van der Waals surface area contributed by atoms with Gasteiger partial charge in [-0.05, 0) is 13.8 Å². The average molecular weight is 256 g/mol. The molecule has 0 bridgehead atoms. The summed E-state index contributed by atoms with van der Waals surface area (Å²) in [6.45, 7) is 7.78. The first-order chi connectivity index (χ1) is 8.45. The summed E-state index contributed by atoms with van der Waals surface area (Å²) in [7, 11) is 7.36. The second-order valence-corrected chi connectivity index (χ2v) is 4.49. The van der Waals surface area contributed by atoms with Gasteiger partial charge in [-0.25, -0.2) is 0 Å². The second-order valence-electron chi connectivity index (χ2n) is 4.49. The maximum absolute atomic E-state index is 10.0. The minimum Gasteiger partial charge on any atom is -0.496 e. The van der Waals surface area contributed by atoms with Gasteiger partial charge in [-0.1, -0.05) is 6.58 Å². The first-order valence-corrected chi connectivity index (χ1v) is 5.97. The van der Waals surface area contributed by atoms with Crippen LogP contribution in [-0.4, -0.2) is 63.7 Å². The molecular formula is C12H21BO5. The van der Waals surface area contributed by atoms with Gasteiger partial charge in [0, 0.05) is 13.1 Å². The molecule has 5 nitrogen and oxygen atoms in total. The summed E-state index contributed by atoms with van der Waals surface area (Å²) in [6, 6.07) is -0.664. The molecule has 0 aliphatic carbocycles. The quantitative estimate of drug-likeness (QED) is 0.521. The predicted molar refractivity (Wildman–Crippen MR) is 67.4 cm³/mol. The zero-order valence-electron chi connectivity index (χ0n) is 11.2. The molecule has 1 saturated heterocycles. The molecule has 102 valence electrons. The minimum absolute atomic E-state index is 0.0601. The Hall–Kier alpha value is -0.555. The van der Waals surface area contributed by atoms with Gasteiger partial charge in [-0.3, -0.25) is 0 Å². The van der Waals surface area contributed by atoms with Crippen molar-refractivity contribution in [1.82, 2.24) is 0 Å². The zero-order valence-corrected chi connectivity index (χ0v) is 11.2. The van der Waals surface area contributed by atoms with Gasteiger partial charge in [-0.15, -0.1) is 0 Å². The molecule has 0 saturated carbocycles. The number of ether oxygens (including phenoxy) is 4. The Bertz CT molecular complexity index is 273. The summed E-state index contributed by atoms with van der Waals surface area (Å²) in [5.41, 5.74) is 0. The van der Waals surface area contributed by atoms with Crippen molar-refractivity contribution in [2.24, 2.45) is 0 Å². The van der Waals surface area contributed by atoms with E-state index in [4.69, 9.17) is 26.8 Å². The molecule has 5 atom stereocenters. The molecule has 0 spiro atoms. The van der Waals surface area contributed by atoms with Crippen LogP contribution in [0.2, 0.25) is 0 Å². The molecule has 1 fully saturated rings. The lowest BCUT2D eigenvalue weighted by Crippen LogP contribution is -2.38. The number of methoxy groups -OCH3 is 1. The van der Waals surface area contributed by atoms with E-state index >= 15 is 0 Å². The Kier molecular flexibility index (Phi) is 6.15. The highest BCUT2D eigenvalue weighted by Crippen LogP contribution is 2.23. The average Bonchev–Trinajstić information content (AvgIpc) is 2.59. The van der Waals surface area contributed by atoms with Gasteiger partial charge in [0.25, 0.3) is 0 Å². The third-order valence-electron chi connectivity index (χ3n) is 2.79. The Morgan fingerprint density at radius 2 is 2.22 bits per heavy atom. The number of allylic oxidation sites excluding steroid dienone is 1. The van der Waals surface area contributed by atoms with Crippen LogP contribution >= 0.6 is 0 Å². The van der Waals surface area contributed by atoms with Crippen molar-refractivity contribution in [1.29, 1.82) is 0 Å². The Morgan fingerprint density at radius 1 is 1.56 bits per heavy atom. The van der Waals surface area contributed by atoms with E-state index in [-0.39, 0.29) is 12.7 Å². The summed E-state index contributed by atoms with van der Waals surface area (Å²) >= 11 is 0. The molecule has 0 amide bonds. The number of rotatable bonds is 7. The number of hydrogen-bond acceptors (Lipinski definition) is 5. The Labute approximate surface area is 109 Å². The van der Waals surface area contributed by atoms with Crippen molar-refractivity contribution in [3.05, 3.63) is 12.3 Å². The molecule has 5 unspecified atom stereocenters. The first kappa shape index (κ1) is 15.5. The minimum atomic E-state index is -0.816. The molecule has 1 N–H and O–H groups in total. The zero-order chi connectivity index (χ0) is 13.7. The molecule has 18 heavy (non-hydrogen) atoms. The van der Waals surface area contributed by atoms with Crippen LogP contribution < -0.4 is 0 Å². The fraction of sp³-hybridized carbons (Fsp3) is 0.833. The van der Waals surface area contributed by atoms with Crippen LogP contribution in [0.5, 0.6) is 0 Å². The van der Waals surface area contributed by atoms with Crippen molar-refractivity contribution in [2.75, 3.05) is 20.3 Å². The van der Waals surface area contributed by atoms with Crippen LogP contribution in [0.3, 0.4) is 0 Å². The first-order valence-electron chi connectivity index (χ1n) is 5.97. The number of aliphatic hydroxyl groups excluding tert-OH is 1. The van der Waals surface area contributed by atoms with Gasteiger partial charge in [0.1, 0.15) is 32.8 Å². The lowest BCUT2D eigenvalue weighted by atomic mass is 9.93. The maximum Gasteiger partial charge on any atom is 0.119 e. The van der Waals surface area contributed by atoms with Crippen LogP contribution in [0.4, 0.5) is 0 Å². The third kappa shape index (κ3) is 4.28. The van der Waals surface area contributed by atoms with E-state index in [1.165, 1.54) is 0 Å². The van der Waals surface area contributed by atoms with Crippen LogP contribution in [0.15, 0.2) is 12.3 Å². The van der Waals surface area contributed by atoms with Gasteiger partial charge >= 0.3 is 0 Å². The highest BCUT2D eigenvalue weighted by Gasteiger charge is 2.42. The topological polar surface area (TPSA) is 57.2 Å². The van der Waals surface area contributed by atoms with E-state index in [1.807, 2.05) is 6.92 Å². The summed E-state index contributed by atoms with van der Waals surface area (Å²) in [5.74, 6) is 0.566. The molecule has 1 aliphatic heterocycles. The molecule has 1 aliphatic rings. The van der Waals surface area contributed by atoms with Crippen LogP contribution in [0.25, 0.3) is 0 Å². The van der Waals surface area contributed by atoms with Crippen molar-refractivity contribution in [3.63, 3.8) is 0 Å². The van der Waals surface area contributed by atoms with Gasteiger partial charge in [-0.2, -0.15) is 0 Å². The van der Waals surface area contributed by atoms with Crippen LogP contribution in [-0.2, 0) is 18.9 Å². The van der Waals surface area contributed by atoms with Crippen LogP contribution in [0, 0.1) is 0 Å². The largest absolute Gasteiger partial charge is 0.496 e.